The van der Waals surface area contributed by atoms with Gasteiger partial charge in [0.05, 0.1) is 0 Å². The minimum atomic E-state index is 0.363. The fourth-order valence-corrected chi connectivity index (χ4v) is 3.85. The minimum absolute atomic E-state index is 0.363. The van der Waals surface area contributed by atoms with Gasteiger partial charge in [-0.15, -0.1) is 22.7 Å². The zero-order valence-corrected chi connectivity index (χ0v) is 12.6. The van der Waals surface area contributed by atoms with Crippen molar-refractivity contribution in [3.05, 3.63) is 51.3 Å². The summed E-state index contributed by atoms with van der Waals surface area (Å²) in [6, 6.07) is 11.2. The van der Waals surface area contributed by atoms with Gasteiger partial charge < -0.3 is 5.32 Å². The first kappa shape index (κ1) is 12.8. The topological polar surface area (TPSA) is 24.9 Å². The molecule has 19 heavy (non-hydrogen) atoms. The van der Waals surface area contributed by atoms with Gasteiger partial charge in [0.1, 0.15) is 5.01 Å². The van der Waals surface area contributed by atoms with Crippen molar-refractivity contribution in [2.24, 2.45) is 0 Å². The Labute approximate surface area is 121 Å². The third-order valence-corrected chi connectivity index (χ3v) is 5.36. The lowest BCUT2D eigenvalue weighted by atomic mass is 10.2. The lowest BCUT2D eigenvalue weighted by molar-refractivity contribution is 0.581. The number of thiophene rings is 1. The molecule has 0 saturated carbocycles. The maximum atomic E-state index is 4.48. The van der Waals surface area contributed by atoms with Crippen LogP contribution in [-0.2, 0) is 6.54 Å². The Kier molecular flexibility index (Phi) is 3.64. The van der Waals surface area contributed by atoms with Gasteiger partial charge in [-0.2, -0.15) is 0 Å². The summed E-state index contributed by atoms with van der Waals surface area (Å²) >= 11 is 3.59. The Morgan fingerprint density at radius 3 is 2.89 bits per heavy atom. The standard InChI is InChI=1S/C15H16N2S2/c1-10-9-18-15(17-10)8-16-11(2)14-7-12-5-3-4-6-13(12)19-14/h3-7,9,11,16H,8H2,1-2H3. The van der Waals surface area contributed by atoms with E-state index >= 15 is 0 Å². The summed E-state index contributed by atoms with van der Waals surface area (Å²) in [5.74, 6) is 0. The van der Waals surface area contributed by atoms with E-state index in [1.807, 2.05) is 18.3 Å². The summed E-state index contributed by atoms with van der Waals surface area (Å²) in [6.07, 6.45) is 0. The van der Waals surface area contributed by atoms with Crippen molar-refractivity contribution in [2.45, 2.75) is 26.4 Å². The third kappa shape index (κ3) is 2.86. The molecular formula is C15H16N2S2. The molecule has 2 heterocycles. The fraction of sp³-hybridized carbons (Fsp3) is 0.267. The molecule has 1 unspecified atom stereocenters. The summed E-state index contributed by atoms with van der Waals surface area (Å²) < 4.78 is 1.36. The number of fused-ring (bicyclic) bond motifs is 1. The Bertz CT molecular complexity index is 651. The average Bonchev–Trinajstić information content (AvgIpc) is 3.01. The van der Waals surface area contributed by atoms with Crippen LogP contribution in [0.5, 0.6) is 0 Å². The molecule has 98 valence electrons. The fourth-order valence-electron chi connectivity index (χ4n) is 2.04. The van der Waals surface area contributed by atoms with E-state index in [1.54, 1.807) is 11.3 Å². The summed E-state index contributed by atoms with van der Waals surface area (Å²) in [5.41, 5.74) is 1.11. The van der Waals surface area contributed by atoms with Crippen LogP contribution >= 0.6 is 22.7 Å². The molecule has 2 nitrogen and oxygen atoms in total. The highest BCUT2D eigenvalue weighted by Crippen LogP contribution is 2.29. The van der Waals surface area contributed by atoms with E-state index in [-0.39, 0.29) is 0 Å². The first-order valence-electron chi connectivity index (χ1n) is 6.35. The first-order valence-corrected chi connectivity index (χ1v) is 8.05. The van der Waals surface area contributed by atoms with E-state index < -0.39 is 0 Å². The van der Waals surface area contributed by atoms with Crippen LogP contribution in [0, 0.1) is 6.92 Å². The summed E-state index contributed by atoms with van der Waals surface area (Å²) in [5, 5.41) is 8.14. The van der Waals surface area contributed by atoms with E-state index in [4.69, 9.17) is 0 Å². The molecule has 0 aliphatic rings. The molecule has 0 fully saturated rings. The molecule has 1 atom stereocenters. The van der Waals surface area contributed by atoms with Gasteiger partial charge >= 0.3 is 0 Å². The Morgan fingerprint density at radius 2 is 2.16 bits per heavy atom. The number of nitrogens with zero attached hydrogens (tertiary/aromatic N) is 1. The number of rotatable bonds is 4. The lowest BCUT2D eigenvalue weighted by Crippen LogP contribution is -2.16. The largest absolute Gasteiger partial charge is 0.303 e. The van der Waals surface area contributed by atoms with Crippen LogP contribution in [0.3, 0.4) is 0 Å². The summed E-state index contributed by atoms with van der Waals surface area (Å²) in [6.45, 7) is 5.09. The zero-order valence-electron chi connectivity index (χ0n) is 11.0. The van der Waals surface area contributed by atoms with Crippen LogP contribution in [0.15, 0.2) is 35.7 Å². The second-order valence-electron chi connectivity index (χ2n) is 4.67. The molecule has 0 radical (unpaired) electrons. The molecule has 0 spiro atoms. The van der Waals surface area contributed by atoms with Crippen LogP contribution in [-0.4, -0.2) is 4.98 Å². The van der Waals surface area contributed by atoms with Crippen LogP contribution in [0.25, 0.3) is 10.1 Å². The van der Waals surface area contributed by atoms with Gasteiger partial charge in [0.15, 0.2) is 0 Å². The minimum Gasteiger partial charge on any atom is -0.303 e. The van der Waals surface area contributed by atoms with Crippen molar-refractivity contribution in [3.63, 3.8) is 0 Å². The van der Waals surface area contributed by atoms with Crippen molar-refractivity contribution < 1.29 is 0 Å². The van der Waals surface area contributed by atoms with Gasteiger partial charge in [-0.3, -0.25) is 0 Å². The van der Waals surface area contributed by atoms with Gasteiger partial charge in [0.25, 0.3) is 0 Å². The third-order valence-electron chi connectivity index (χ3n) is 3.10. The van der Waals surface area contributed by atoms with Crippen LogP contribution in [0.2, 0.25) is 0 Å². The number of nitrogens with one attached hydrogen (secondary N) is 1. The molecule has 3 aromatic rings. The second kappa shape index (κ2) is 5.41. The molecule has 0 saturated heterocycles. The molecule has 3 rings (SSSR count). The van der Waals surface area contributed by atoms with Crippen molar-refractivity contribution in [1.82, 2.24) is 10.3 Å². The maximum Gasteiger partial charge on any atom is 0.107 e. The Hall–Kier alpha value is -1.23. The molecule has 4 heteroatoms. The lowest BCUT2D eigenvalue weighted by Gasteiger charge is -2.10. The molecular weight excluding hydrogens is 272 g/mol. The highest BCUT2D eigenvalue weighted by atomic mass is 32.1. The number of aromatic nitrogens is 1. The second-order valence-corrected chi connectivity index (χ2v) is 6.73. The van der Waals surface area contributed by atoms with Gasteiger partial charge in [0.2, 0.25) is 0 Å². The molecule has 1 aromatic carbocycles. The smallest absolute Gasteiger partial charge is 0.107 e. The maximum absolute atomic E-state index is 4.48. The predicted molar refractivity (Wildman–Crippen MR) is 83.9 cm³/mol. The number of benzene rings is 1. The first-order chi connectivity index (χ1) is 9.22. The number of aryl methyl sites for hydroxylation is 1. The molecule has 0 aliphatic carbocycles. The number of hydrogen-bond donors (Lipinski definition) is 1. The van der Waals surface area contributed by atoms with Crippen molar-refractivity contribution in [2.75, 3.05) is 0 Å². The van der Waals surface area contributed by atoms with Crippen molar-refractivity contribution in [1.29, 1.82) is 0 Å². The monoisotopic (exact) mass is 288 g/mol. The van der Waals surface area contributed by atoms with Crippen LogP contribution in [0.4, 0.5) is 0 Å². The highest BCUT2D eigenvalue weighted by Gasteiger charge is 2.09. The number of thiazole rings is 1. The average molecular weight is 288 g/mol. The quantitative estimate of drug-likeness (QED) is 0.763. The van der Waals surface area contributed by atoms with Gasteiger partial charge in [-0.25, -0.2) is 4.98 Å². The summed E-state index contributed by atoms with van der Waals surface area (Å²) in [4.78, 5) is 5.86. The van der Waals surface area contributed by atoms with Crippen LogP contribution < -0.4 is 5.32 Å². The molecule has 0 bridgehead atoms. The SMILES string of the molecule is Cc1csc(CNC(C)c2cc3ccccc3s2)n1. The van der Waals surface area contributed by atoms with Crippen molar-refractivity contribution in [3.8, 4) is 0 Å². The van der Waals surface area contributed by atoms with Gasteiger partial charge in [0, 0.05) is 33.2 Å². The normalized spacial score (nSPS) is 12.9. The van der Waals surface area contributed by atoms with E-state index in [1.165, 1.54) is 15.0 Å². The zero-order chi connectivity index (χ0) is 13.2. The Balaban J connectivity index is 1.71. The van der Waals surface area contributed by atoms with E-state index in [0.717, 1.165) is 17.2 Å². The number of hydrogen-bond acceptors (Lipinski definition) is 4. The van der Waals surface area contributed by atoms with E-state index in [2.05, 4.69) is 52.9 Å². The highest BCUT2D eigenvalue weighted by molar-refractivity contribution is 7.19. The summed E-state index contributed by atoms with van der Waals surface area (Å²) in [7, 11) is 0. The van der Waals surface area contributed by atoms with E-state index in [9.17, 15) is 0 Å². The van der Waals surface area contributed by atoms with Gasteiger partial charge in [-0.1, -0.05) is 18.2 Å². The molecule has 0 amide bonds. The molecule has 0 aliphatic heterocycles. The predicted octanol–water partition coefficient (Wildman–Crippen LogP) is 4.52. The Morgan fingerprint density at radius 1 is 1.32 bits per heavy atom. The molecule has 1 N–H and O–H groups in total. The van der Waals surface area contributed by atoms with Crippen LogP contribution in [0.1, 0.15) is 28.5 Å². The van der Waals surface area contributed by atoms with Crippen molar-refractivity contribution >= 4 is 32.8 Å². The van der Waals surface area contributed by atoms with E-state index in [0.29, 0.717) is 6.04 Å². The molecule has 2 aromatic heterocycles. The van der Waals surface area contributed by atoms with Gasteiger partial charge in [-0.05, 0) is 31.4 Å².